The predicted molar refractivity (Wildman–Crippen MR) is 82.4 cm³/mol. The van der Waals surface area contributed by atoms with E-state index < -0.39 is 5.82 Å². The van der Waals surface area contributed by atoms with E-state index in [1.165, 1.54) is 12.1 Å². The maximum atomic E-state index is 13.8. The van der Waals surface area contributed by atoms with Crippen LogP contribution in [0.15, 0.2) is 28.9 Å². The van der Waals surface area contributed by atoms with Crippen LogP contribution in [0.1, 0.15) is 27.2 Å². The minimum absolute atomic E-state index is 0.0427. The Kier molecular flexibility index (Phi) is 4.73. The standard InChI is InChI=1S/C16H15BrFNO2/c1-9-8-19-14(10(2)16(9)21-3)7-15(20)12-5-4-11(17)6-13(12)18/h4-6,8H,7H2,1-3H3. The molecule has 0 saturated carbocycles. The summed E-state index contributed by atoms with van der Waals surface area (Å²) >= 11 is 3.17. The molecule has 0 N–H and O–H groups in total. The number of pyridine rings is 1. The van der Waals surface area contributed by atoms with E-state index in [0.717, 1.165) is 11.1 Å². The van der Waals surface area contributed by atoms with Gasteiger partial charge in [0, 0.05) is 21.8 Å². The van der Waals surface area contributed by atoms with Gasteiger partial charge in [0.05, 0.1) is 24.8 Å². The van der Waals surface area contributed by atoms with Crippen LogP contribution in [0.25, 0.3) is 0 Å². The van der Waals surface area contributed by atoms with E-state index in [4.69, 9.17) is 4.74 Å². The van der Waals surface area contributed by atoms with Crippen molar-refractivity contribution in [3.05, 3.63) is 57.1 Å². The molecule has 0 atom stereocenters. The van der Waals surface area contributed by atoms with Crippen molar-refractivity contribution in [3.8, 4) is 5.75 Å². The lowest BCUT2D eigenvalue weighted by atomic mass is 10.0. The zero-order valence-corrected chi connectivity index (χ0v) is 13.6. The molecule has 0 unspecified atom stereocenters. The highest BCUT2D eigenvalue weighted by Crippen LogP contribution is 2.25. The summed E-state index contributed by atoms with van der Waals surface area (Å²) in [5.74, 6) is -0.128. The molecule has 2 aromatic rings. The first kappa shape index (κ1) is 15.6. The van der Waals surface area contributed by atoms with E-state index in [9.17, 15) is 9.18 Å². The molecule has 0 bridgehead atoms. The van der Waals surface area contributed by atoms with Crippen molar-refractivity contribution >= 4 is 21.7 Å². The Labute approximate surface area is 131 Å². The average Bonchev–Trinajstić information content (AvgIpc) is 2.42. The molecule has 21 heavy (non-hydrogen) atoms. The molecule has 1 aromatic carbocycles. The Morgan fingerprint density at radius 3 is 2.71 bits per heavy atom. The fourth-order valence-corrected chi connectivity index (χ4v) is 2.55. The van der Waals surface area contributed by atoms with Gasteiger partial charge in [0.25, 0.3) is 0 Å². The molecule has 0 aliphatic rings. The van der Waals surface area contributed by atoms with Gasteiger partial charge in [-0.1, -0.05) is 15.9 Å². The molecule has 0 aliphatic heterocycles. The van der Waals surface area contributed by atoms with Crippen LogP contribution < -0.4 is 4.74 Å². The zero-order chi connectivity index (χ0) is 15.6. The normalized spacial score (nSPS) is 10.5. The van der Waals surface area contributed by atoms with E-state index in [1.807, 2.05) is 13.8 Å². The van der Waals surface area contributed by atoms with E-state index in [2.05, 4.69) is 20.9 Å². The van der Waals surface area contributed by atoms with Crippen LogP contribution in [0.2, 0.25) is 0 Å². The Hall–Kier alpha value is -1.75. The number of halogens is 2. The van der Waals surface area contributed by atoms with Crippen LogP contribution in [0.5, 0.6) is 5.75 Å². The number of Topliss-reactive ketones (excluding diaryl/α,β-unsaturated/α-hetero) is 1. The summed E-state index contributed by atoms with van der Waals surface area (Å²) in [6.45, 7) is 3.73. The van der Waals surface area contributed by atoms with Crippen molar-refractivity contribution < 1.29 is 13.9 Å². The molecule has 0 saturated heterocycles. The number of hydrogen-bond donors (Lipinski definition) is 0. The highest BCUT2D eigenvalue weighted by Gasteiger charge is 2.17. The number of aryl methyl sites for hydroxylation is 1. The number of benzene rings is 1. The highest BCUT2D eigenvalue weighted by molar-refractivity contribution is 9.10. The van der Waals surface area contributed by atoms with Gasteiger partial charge in [0.15, 0.2) is 5.78 Å². The second-order valence-electron chi connectivity index (χ2n) is 4.77. The van der Waals surface area contributed by atoms with Gasteiger partial charge < -0.3 is 4.74 Å². The number of nitrogens with zero attached hydrogens (tertiary/aromatic N) is 1. The average molecular weight is 352 g/mol. The van der Waals surface area contributed by atoms with Crippen molar-refractivity contribution in [2.24, 2.45) is 0 Å². The summed E-state index contributed by atoms with van der Waals surface area (Å²) in [4.78, 5) is 16.5. The second-order valence-corrected chi connectivity index (χ2v) is 5.69. The Morgan fingerprint density at radius 2 is 2.10 bits per heavy atom. The van der Waals surface area contributed by atoms with Crippen LogP contribution in [0.4, 0.5) is 4.39 Å². The number of hydrogen-bond acceptors (Lipinski definition) is 3. The van der Waals surface area contributed by atoms with Gasteiger partial charge >= 0.3 is 0 Å². The third kappa shape index (κ3) is 3.29. The van der Waals surface area contributed by atoms with Crippen molar-refractivity contribution in [2.75, 3.05) is 7.11 Å². The molecule has 0 radical (unpaired) electrons. The van der Waals surface area contributed by atoms with Crippen LogP contribution in [-0.4, -0.2) is 17.9 Å². The molecule has 2 rings (SSSR count). The Bertz CT molecular complexity index is 701. The number of methoxy groups -OCH3 is 1. The number of ketones is 1. The van der Waals surface area contributed by atoms with Gasteiger partial charge in [0.1, 0.15) is 11.6 Å². The molecule has 3 nitrogen and oxygen atoms in total. The first-order valence-electron chi connectivity index (χ1n) is 6.41. The third-order valence-corrected chi connectivity index (χ3v) is 3.80. The van der Waals surface area contributed by atoms with E-state index in [1.54, 1.807) is 19.4 Å². The van der Waals surface area contributed by atoms with Crippen molar-refractivity contribution in [2.45, 2.75) is 20.3 Å². The largest absolute Gasteiger partial charge is 0.496 e. The van der Waals surface area contributed by atoms with Gasteiger partial charge in [-0.05, 0) is 32.0 Å². The second kappa shape index (κ2) is 6.35. The third-order valence-electron chi connectivity index (χ3n) is 3.31. The molecular weight excluding hydrogens is 337 g/mol. The molecule has 1 aromatic heterocycles. The maximum absolute atomic E-state index is 13.8. The molecule has 0 spiro atoms. The molecule has 0 aliphatic carbocycles. The van der Waals surface area contributed by atoms with Crippen LogP contribution in [-0.2, 0) is 6.42 Å². The maximum Gasteiger partial charge on any atom is 0.171 e. The Balaban J connectivity index is 2.32. The molecule has 1 heterocycles. The van der Waals surface area contributed by atoms with Gasteiger partial charge in [-0.25, -0.2) is 4.39 Å². The molecular formula is C16H15BrFNO2. The number of carbonyl (C=O) groups is 1. The fourth-order valence-electron chi connectivity index (χ4n) is 2.21. The topological polar surface area (TPSA) is 39.2 Å². The highest BCUT2D eigenvalue weighted by atomic mass is 79.9. The van der Waals surface area contributed by atoms with Crippen molar-refractivity contribution in [3.63, 3.8) is 0 Å². The minimum atomic E-state index is -0.536. The summed E-state index contributed by atoms with van der Waals surface area (Å²) in [5, 5.41) is 0. The Morgan fingerprint density at radius 1 is 1.38 bits per heavy atom. The van der Waals surface area contributed by atoms with E-state index in [0.29, 0.717) is 15.9 Å². The van der Waals surface area contributed by atoms with Gasteiger partial charge in [-0.3, -0.25) is 9.78 Å². The van der Waals surface area contributed by atoms with Crippen molar-refractivity contribution in [1.29, 1.82) is 0 Å². The summed E-state index contributed by atoms with van der Waals surface area (Å²) in [6, 6.07) is 4.40. The number of aromatic nitrogens is 1. The first-order chi connectivity index (χ1) is 9.93. The van der Waals surface area contributed by atoms with E-state index >= 15 is 0 Å². The van der Waals surface area contributed by atoms with Gasteiger partial charge in [0.2, 0.25) is 0 Å². The lowest BCUT2D eigenvalue weighted by Gasteiger charge is -2.12. The minimum Gasteiger partial charge on any atom is -0.496 e. The van der Waals surface area contributed by atoms with Crippen LogP contribution >= 0.6 is 15.9 Å². The van der Waals surface area contributed by atoms with Crippen LogP contribution in [0, 0.1) is 19.7 Å². The lowest BCUT2D eigenvalue weighted by molar-refractivity contribution is 0.0988. The fraction of sp³-hybridized carbons (Fsp3) is 0.250. The van der Waals surface area contributed by atoms with Gasteiger partial charge in [-0.15, -0.1) is 0 Å². The monoisotopic (exact) mass is 351 g/mol. The summed E-state index contributed by atoms with van der Waals surface area (Å²) in [6.07, 6.45) is 1.70. The van der Waals surface area contributed by atoms with Gasteiger partial charge in [-0.2, -0.15) is 0 Å². The number of carbonyl (C=O) groups excluding carboxylic acids is 1. The van der Waals surface area contributed by atoms with Crippen LogP contribution in [0.3, 0.4) is 0 Å². The number of rotatable bonds is 4. The first-order valence-corrected chi connectivity index (χ1v) is 7.20. The SMILES string of the molecule is COc1c(C)cnc(CC(=O)c2ccc(Br)cc2F)c1C. The summed E-state index contributed by atoms with van der Waals surface area (Å²) < 4.78 is 19.7. The van der Waals surface area contributed by atoms with Crippen molar-refractivity contribution in [1.82, 2.24) is 4.98 Å². The quantitative estimate of drug-likeness (QED) is 0.780. The predicted octanol–water partition coefficient (Wildman–Crippen LogP) is 4.03. The smallest absolute Gasteiger partial charge is 0.171 e. The number of ether oxygens (including phenoxy) is 1. The molecule has 110 valence electrons. The lowest BCUT2D eigenvalue weighted by Crippen LogP contribution is -2.10. The summed E-state index contributed by atoms with van der Waals surface area (Å²) in [7, 11) is 1.58. The van der Waals surface area contributed by atoms with E-state index in [-0.39, 0.29) is 17.8 Å². The summed E-state index contributed by atoms with van der Waals surface area (Å²) in [5.41, 5.74) is 2.38. The molecule has 5 heteroatoms. The molecule has 0 amide bonds. The zero-order valence-electron chi connectivity index (χ0n) is 12.0. The molecule has 0 fully saturated rings.